The van der Waals surface area contributed by atoms with Gasteiger partial charge in [-0.2, -0.15) is 11.3 Å². The van der Waals surface area contributed by atoms with E-state index in [0.29, 0.717) is 5.92 Å². The highest BCUT2D eigenvalue weighted by atomic mass is 127. The van der Waals surface area contributed by atoms with Crippen LogP contribution >= 0.6 is 33.9 Å². The van der Waals surface area contributed by atoms with E-state index in [2.05, 4.69) is 64.4 Å². The number of nitrogens with one attached hydrogen (secondary N) is 1. The summed E-state index contributed by atoms with van der Waals surface area (Å²) < 4.78 is 1.13. The van der Waals surface area contributed by atoms with Crippen LogP contribution in [0, 0.1) is 16.4 Å². The molecule has 0 aliphatic heterocycles. The summed E-state index contributed by atoms with van der Waals surface area (Å²) in [4.78, 5) is 9.41. The summed E-state index contributed by atoms with van der Waals surface area (Å²) in [5.41, 5.74) is 3.52. The third kappa shape index (κ3) is 3.25. The first-order valence-corrected chi connectivity index (χ1v) is 8.32. The lowest BCUT2D eigenvalue weighted by molar-refractivity contribution is 0.632. The number of hydrogen-bond donors (Lipinski definition) is 1. The molecule has 5 heteroatoms. The van der Waals surface area contributed by atoms with Crippen molar-refractivity contribution < 1.29 is 0 Å². The molecule has 0 saturated heterocycles. The molecule has 0 spiro atoms. The maximum atomic E-state index is 4.77. The first-order chi connectivity index (χ1) is 9.02. The minimum Gasteiger partial charge on any atom is -0.372 e. The minimum atomic E-state index is 0.588. The van der Waals surface area contributed by atoms with E-state index in [9.17, 15) is 0 Å². The third-order valence-corrected chi connectivity index (χ3v) is 4.85. The van der Waals surface area contributed by atoms with Crippen molar-refractivity contribution in [2.45, 2.75) is 27.2 Å². The fourth-order valence-electron chi connectivity index (χ4n) is 1.89. The Balaban J connectivity index is 2.54. The lowest BCUT2D eigenvalue weighted by Crippen LogP contribution is -2.07. The van der Waals surface area contributed by atoms with E-state index in [1.165, 1.54) is 5.56 Å². The van der Waals surface area contributed by atoms with Crippen molar-refractivity contribution in [1.82, 2.24) is 9.97 Å². The van der Waals surface area contributed by atoms with Crippen molar-refractivity contribution in [2.24, 2.45) is 5.92 Å². The normalized spacial score (nSPS) is 11.1. The molecule has 3 nitrogen and oxygen atoms in total. The van der Waals surface area contributed by atoms with Crippen LogP contribution in [-0.4, -0.2) is 17.0 Å². The zero-order chi connectivity index (χ0) is 14.0. The largest absolute Gasteiger partial charge is 0.372 e. The van der Waals surface area contributed by atoms with Crippen molar-refractivity contribution in [1.29, 1.82) is 0 Å². The molecule has 19 heavy (non-hydrogen) atoms. The van der Waals surface area contributed by atoms with Crippen LogP contribution in [0.3, 0.4) is 0 Å². The van der Waals surface area contributed by atoms with E-state index >= 15 is 0 Å². The summed E-state index contributed by atoms with van der Waals surface area (Å²) in [5.74, 6) is 2.34. The molecule has 2 aromatic heterocycles. The Morgan fingerprint density at radius 1 is 1.32 bits per heavy atom. The monoisotopic (exact) mass is 387 g/mol. The van der Waals surface area contributed by atoms with E-state index in [1.54, 1.807) is 11.3 Å². The van der Waals surface area contributed by atoms with Gasteiger partial charge in [-0.15, -0.1) is 0 Å². The summed E-state index contributed by atoms with van der Waals surface area (Å²) >= 11 is 4.03. The van der Waals surface area contributed by atoms with Crippen LogP contribution in [0.2, 0.25) is 0 Å². The Kier molecular flexibility index (Phi) is 4.78. The number of halogens is 1. The van der Waals surface area contributed by atoms with Gasteiger partial charge in [-0.3, -0.25) is 0 Å². The second-order valence-electron chi connectivity index (χ2n) is 4.97. The van der Waals surface area contributed by atoms with Crippen LogP contribution in [0.1, 0.15) is 25.1 Å². The number of hydrogen-bond acceptors (Lipinski definition) is 4. The van der Waals surface area contributed by atoms with Crippen molar-refractivity contribution >= 4 is 39.7 Å². The molecule has 1 N–H and O–H groups in total. The van der Waals surface area contributed by atoms with E-state index in [1.807, 2.05) is 7.05 Å². The molecule has 0 unspecified atom stereocenters. The third-order valence-electron chi connectivity index (χ3n) is 2.85. The predicted octanol–water partition coefficient (Wildman–Crippen LogP) is 4.36. The molecule has 0 aromatic carbocycles. The van der Waals surface area contributed by atoms with Gasteiger partial charge >= 0.3 is 0 Å². The van der Waals surface area contributed by atoms with E-state index in [4.69, 9.17) is 4.98 Å². The molecule has 102 valence electrons. The van der Waals surface area contributed by atoms with Crippen LogP contribution in [0.25, 0.3) is 11.4 Å². The van der Waals surface area contributed by atoms with Gasteiger partial charge in [-0.1, -0.05) is 13.8 Å². The second kappa shape index (κ2) is 6.17. The summed E-state index contributed by atoms with van der Waals surface area (Å²) in [6.07, 6.45) is 0.978. The number of anilines is 1. The molecule has 0 amide bonds. The molecule has 0 fully saturated rings. The van der Waals surface area contributed by atoms with E-state index in [-0.39, 0.29) is 0 Å². The smallest absolute Gasteiger partial charge is 0.162 e. The van der Waals surface area contributed by atoms with Gasteiger partial charge in [0, 0.05) is 18.0 Å². The Morgan fingerprint density at radius 2 is 2.05 bits per heavy atom. The van der Waals surface area contributed by atoms with Crippen molar-refractivity contribution in [3.63, 3.8) is 0 Å². The number of thiophene rings is 1. The molecule has 0 saturated carbocycles. The Labute approximate surface area is 132 Å². The first kappa shape index (κ1) is 14.7. The summed E-state index contributed by atoms with van der Waals surface area (Å²) in [6.45, 7) is 6.54. The molecule has 2 rings (SSSR count). The lowest BCUT2D eigenvalue weighted by atomic mass is 10.1. The highest BCUT2D eigenvalue weighted by Gasteiger charge is 2.15. The van der Waals surface area contributed by atoms with Gasteiger partial charge in [0.2, 0.25) is 0 Å². The minimum absolute atomic E-state index is 0.588. The van der Waals surface area contributed by atoms with Crippen molar-refractivity contribution in [3.8, 4) is 11.4 Å². The van der Waals surface area contributed by atoms with Gasteiger partial charge in [0.1, 0.15) is 5.82 Å². The number of aryl methyl sites for hydroxylation is 1. The van der Waals surface area contributed by atoms with Crippen molar-refractivity contribution in [2.75, 3.05) is 12.4 Å². The van der Waals surface area contributed by atoms with Crippen LogP contribution in [-0.2, 0) is 6.42 Å². The molecular formula is C14H18IN3S. The lowest BCUT2D eigenvalue weighted by Gasteiger charge is -2.12. The number of aromatic nitrogens is 2. The predicted molar refractivity (Wildman–Crippen MR) is 90.9 cm³/mol. The fourth-order valence-corrected chi connectivity index (χ4v) is 3.45. The highest BCUT2D eigenvalue weighted by molar-refractivity contribution is 14.1. The summed E-state index contributed by atoms with van der Waals surface area (Å²) in [6, 6.07) is 0. The maximum absolute atomic E-state index is 4.77. The number of nitrogens with zero attached hydrogens (tertiary/aromatic N) is 2. The average molecular weight is 387 g/mol. The van der Waals surface area contributed by atoms with Crippen LogP contribution in [0.15, 0.2) is 10.8 Å². The van der Waals surface area contributed by atoms with E-state index < -0.39 is 0 Å². The second-order valence-corrected chi connectivity index (χ2v) is 6.80. The van der Waals surface area contributed by atoms with Gasteiger partial charge in [-0.25, -0.2) is 9.97 Å². The Bertz CT molecular complexity index is 578. The van der Waals surface area contributed by atoms with Gasteiger partial charge in [0.05, 0.1) is 9.26 Å². The molecule has 2 aromatic rings. The van der Waals surface area contributed by atoms with E-state index in [0.717, 1.165) is 32.9 Å². The zero-order valence-corrected chi connectivity index (χ0v) is 14.6. The first-order valence-electron chi connectivity index (χ1n) is 6.30. The van der Waals surface area contributed by atoms with Crippen LogP contribution in [0.5, 0.6) is 0 Å². The molecule has 0 atom stereocenters. The molecule has 0 aliphatic carbocycles. The topological polar surface area (TPSA) is 37.8 Å². The SMILES string of the molecule is CNc1nc(-c2cscc2C)nc(CC(C)C)c1I. The zero-order valence-electron chi connectivity index (χ0n) is 11.6. The molecule has 0 bridgehead atoms. The standard InChI is InChI=1S/C14H18IN3S/c1-8(2)5-11-12(15)14(16-4)18-13(17-11)10-7-19-6-9(10)3/h6-8H,5H2,1-4H3,(H,16,17,18). The Hall–Kier alpha value is -0.690. The van der Waals surface area contributed by atoms with Crippen LogP contribution < -0.4 is 5.32 Å². The molecular weight excluding hydrogens is 369 g/mol. The van der Waals surface area contributed by atoms with Crippen LogP contribution in [0.4, 0.5) is 5.82 Å². The fraction of sp³-hybridized carbons (Fsp3) is 0.429. The summed E-state index contributed by atoms with van der Waals surface area (Å²) in [5, 5.41) is 7.43. The summed E-state index contributed by atoms with van der Waals surface area (Å²) in [7, 11) is 1.91. The highest BCUT2D eigenvalue weighted by Crippen LogP contribution is 2.28. The Morgan fingerprint density at radius 3 is 2.58 bits per heavy atom. The van der Waals surface area contributed by atoms with Gasteiger partial charge < -0.3 is 5.32 Å². The average Bonchev–Trinajstić information content (AvgIpc) is 2.77. The molecule has 2 heterocycles. The molecule has 0 aliphatic rings. The molecule has 0 radical (unpaired) electrons. The van der Waals surface area contributed by atoms with Gasteiger partial charge in [-0.05, 0) is 52.8 Å². The van der Waals surface area contributed by atoms with Gasteiger partial charge in [0.15, 0.2) is 5.82 Å². The quantitative estimate of drug-likeness (QED) is 0.793. The van der Waals surface area contributed by atoms with Crippen molar-refractivity contribution in [3.05, 3.63) is 25.6 Å². The van der Waals surface area contributed by atoms with Gasteiger partial charge in [0.25, 0.3) is 0 Å². The number of rotatable bonds is 4. The maximum Gasteiger partial charge on any atom is 0.162 e.